The minimum Gasteiger partial charge on any atom is -0.444 e. The number of hydrogen-bond acceptors (Lipinski definition) is 6. The quantitative estimate of drug-likeness (QED) is 0.349. The number of alkyl carbamates (subject to hydrolysis) is 1. The lowest BCUT2D eigenvalue weighted by molar-refractivity contribution is -0.137. The number of aryl methyl sites for hydroxylation is 1. The van der Waals surface area contributed by atoms with Gasteiger partial charge in [0, 0.05) is 17.5 Å². The summed E-state index contributed by atoms with van der Waals surface area (Å²) in [6.07, 6.45) is -0.774. The lowest BCUT2D eigenvalue weighted by Crippen LogP contribution is -2.39. The summed E-state index contributed by atoms with van der Waals surface area (Å²) in [6, 6.07) is 11.7. The van der Waals surface area contributed by atoms with Gasteiger partial charge in [0.05, 0.1) is 5.02 Å². The van der Waals surface area contributed by atoms with Crippen LogP contribution in [0.1, 0.15) is 37.9 Å². The van der Waals surface area contributed by atoms with Crippen LogP contribution in [0.5, 0.6) is 5.75 Å². The fraction of sp³-hybridized carbons (Fsp3) is 0.261. The molecule has 3 aromatic rings. The number of ether oxygens (including phenoxy) is 2. The Kier molecular flexibility index (Phi) is 6.36. The van der Waals surface area contributed by atoms with Crippen molar-refractivity contribution in [2.75, 3.05) is 0 Å². The van der Waals surface area contributed by atoms with Crippen LogP contribution in [-0.2, 0) is 9.53 Å². The van der Waals surface area contributed by atoms with Gasteiger partial charge in [-0.3, -0.25) is 0 Å². The van der Waals surface area contributed by atoms with E-state index in [4.69, 9.17) is 25.5 Å². The topological polar surface area (TPSA) is 94.8 Å². The smallest absolute Gasteiger partial charge is 0.408 e. The molecule has 0 bridgehead atoms. The number of benzene rings is 2. The molecule has 1 atom stereocenters. The van der Waals surface area contributed by atoms with Gasteiger partial charge in [0.15, 0.2) is 11.8 Å². The van der Waals surface area contributed by atoms with E-state index in [0.29, 0.717) is 16.5 Å². The zero-order valence-corrected chi connectivity index (χ0v) is 18.3. The molecule has 0 saturated heterocycles. The average molecular weight is 444 g/mol. The predicted octanol–water partition coefficient (Wildman–Crippen LogP) is 4.93. The summed E-state index contributed by atoms with van der Waals surface area (Å²) in [5.74, 6) is -0.784. The fourth-order valence-corrected chi connectivity index (χ4v) is 3.12. The van der Waals surface area contributed by atoms with E-state index in [1.165, 1.54) is 12.1 Å². The first-order valence-electron chi connectivity index (χ1n) is 9.53. The van der Waals surface area contributed by atoms with E-state index in [-0.39, 0.29) is 16.4 Å². The second kappa shape index (κ2) is 8.81. The predicted molar refractivity (Wildman–Crippen MR) is 116 cm³/mol. The standard InChI is InChI=1S/C23H22ClNO6/c1-13-10-19(26)29-17-12-18(16(24)11-15(13)17)30-21(27)20(14-8-6-5-7-9-14)25-22(28)31-23(2,3)4/h5-12,20H,1-4H3,(H,25,28)/t20-/m1/s1. The zero-order valence-electron chi connectivity index (χ0n) is 17.5. The minimum atomic E-state index is -1.15. The first kappa shape index (κ1) is 22.4. The molecule has 3 rings (SSSR count). The van der Waals surface area contributed by atoms with Crippen LogP contribution in [0.2, 0.25) is 5.02 Å². The summed E-state index contributed by atoms with van der Waals surface area (Å²) in [7, 11) is 0. The number of amides is 1. The van der Waals surface area contributed by atoms with Gasteiger partial charge in [-0.25, -0.2) is 14.4 Å². The molecular formula is C23H22ClNO6. The van der Waals surface area contributed by atoms with E-state index in [1.54, 1.807) is 64.1 Å². The van der Waals surface area contributed by atoms with E-state index in [9.17, 15) is 14.4 Å². The molecule has 1 amide bonds. The highest BCUT2D eigenvalue weighted by Crippen LogP contribution is 2.32. The van der Waals surface area contributed by atoms with Gasteiger partial charge in [-0.1, -0.05) is 41.9 Å². The number of hydrogen-bond donors (Lipinski definition) is 1. The van der Waals surface area contributed by atoms with E-state index in [0.717, 1.165) is 0 Å². The molecule has 1 heterocycles. The van der Waals surface area contributed by atoms with Gasteiger partial charge in [-0.15, -0.1) is 0 Å². The van der Waals surface area contributed by atoms with E-state index >= 15 is 0 Å². The molecule has 0 saturated carbocycles. The molecule has 0 aliphatic rings. The van der Waals surface area contributed by atoms with Crippen LogP contribution in [-0.4, -0.2) is 17.7 Å². The molecule has 7 nitrogen and oxygen atoms in total. The number of rotatable bonds is 4. The highest BCUT2D eigenvalue weighted by atomic mass is 35.5. The molecule has 1 N–H and O–H groups in total. The Balaban J connectivity index is 1.92. The molecule has 0 spiro atoms. The second-order valence-electron chi connectivity index (χ2n) is 7.94. The molecule has 0 aliphatic carbocycles. The Hall–Kier alpha value is -3.32. The highest BCUT2D eigenvalue weighted by molar-refractivity contribution is 6.33. The Morgan fingerprint density at radius 2 is 1.77 bits per heavy atom. The van der Waals surface area contributed by atoms with Gasteiger partial charge in [0.25, 0.3) is 0 Å². The van der Waals surface area contributed by atoms with Crippen molar-refractivity contribution in [1.29, 1.82) is 0 Å². The Morgan fingerprint density at radius 1 is 1.10 bits per heavy atom. The van der Waals surface area contributed by atoms with Crippen LogP contribution >= 0.6 is 11.6 Å². The second-order valence-corrected chi connectivity index (χ2v) is 8.35. The summed E-state index contributed by atoms with van der Waals surface area (Å²) in [6.45, 7) is 6.89. The highest BCUT2D eigenvalue weighted by Gasteiger charge is 2.28. The van der Waals surface area contributed by atoms with Crippen molar-refractivity contribution >= 4 is 34.6 Å². The van der Waals surface area contributed by atoms with Crippen LogP contribution in [0.15, 0.2) is 57.7 Å². The molecule has 0 aliphatic heterocycles. The molecule has 0 radical (unpaired) electrons. The fourth-order valence-electron chi connectivity index (χ4n) is 2.91. The normalized spacial score (nSPS) is 12.3. The van der Waals surface area contributed by atoms with E-state index < -0.39 is 29.3 Å². The molecule has 2 aromatic carbocycles. The van der Waals surface area contributed by atoms with Crippen molar-refractivity contribution in [3.8, 4) is 5.75 Å². The van der Waals surface area contributed by atoms with Gasteiger partial charge in [-0.2, -0.15) is 0 Å². The molecule has 162 valence electrons. The van der Waals surface area contributed by atoms with Gasteiger partial charge in [0.1, 0.15) is 11.2 Å². The Labute approximate surface area is 183 Å². The zero-order chi connectivity index (χ0) is 22.8. The molecule has 1 aromatic heterocycles. The molecule has 31 heavy (non-hydrogen) atoms. The van der Waals surface area contributed by atoms with Crippen molar-refractivity contribution < 1.29 is 23.5 Å². The first-order valence-corrected chi connectivity index (χ1v) is 9.91. The van der Waals surface area contributed by atoms with Crippen LogP contribution in [0, 0.1) is 6.92 Å². The van der Waals surface area contributed by atoms with Crippen LogP contribution < -0.4 is 15.7 Å². The SMILES string of the molecule is Cc1cc(=O)oc2cc(OC(=O)[C@H](NC(=O)OC(C)(C)C)c3ccccc3)c(Cl)cc12. The largest absolute Gasteiger partial charge is 0.444 e. The van der Waals surface area contributed by atoms with E-state index in [1.807, 2.05) is 0 Å². The third-order valence-electron chi connectivity index (χ3n) is 4.24. The lowest BCUT2D eigenvalue weighted by Gasteiger charge is -2.23. The number of esters is 1. The van der Waals surface area contributed by atoms with Crippen molar-refractivity contribution in [2.45, 2.75) is 39.3 Å². The Bertz CT molecular complexity index is 1180. The Morgan fingerprint density at radius 3 is 2.42 bits per heavy atom. The number of halogens is 1. The van der Waals surface area contributed by atoms with Crippen molar-refractivity contribution in [1.82, 2.24) is 5.32 Å². The first-order chi connectivity index (χ1) is 14.5. The number of nitrogens with one attached hydrogen (secondary N) is 1. The summed E-state index contributed by atoms with van der Waals surface area (Å²) in [5, 5.41) is 3.31. The maximum atomic E-state index is 13.0. The van der Waals surface area contributed by atoms with E-state index in [2.05, 4.69) is 5.32 Å². The van der Waals surface area contributed by atoms with Gasteiger partial charge >= 0.3 is 17.7 Å². The summed E-state index contributed by atoms with van der Waals surface area (Å²) < 4.78 is 15.9. The van der Waals surface area contributed by atoms with Crippen LogP contribution in [0.25, 0.3) is 11.0 Å². The van der Waals surface area contributed by atoms with Crippen molar-refractivity contribution in [3.05, 3.63) is 75.1 Å². The number of fused-ring (bicyclic) bond motifs is 1. The number of carbonyl (C=O) groups excluding carboxylic acids is 2. The molecular weight excluding hydrogens is 422 g/mol. The summed E-state index contributed by atoms with van der Waals surface area (Å²) in [5.41, 5.74) is 0.135. The van der Waals surface area contributed by atoms with Gasteiger partial charge in [0.2, 0.25) is 0 Å². The maximum Gasteiger partial charge on any atom is 0.408 e. The summed E-state index contributed by atoms with van der Waals surface area (Å²) in [4.78, 5) is 37.0. The minimum absolute atomic E-state index is 0.000151. The average Bonchev–Trinajstić information content (AvgIpc) is 2.66. The monoisotopic (exact) mass is 443 g/mol. The van der Waals surface area contributed by atoms with Crippen molar-refractivity contribution in [3.63, 3.8) is 0 Å². The number of carbonyl (C=O) groups is 2. The molecule has 0 unspecified atom stereocenters. The molecule has 8 heteroatoms. The van der Waals surface area contributed by atoms with Crippen LogP contribution in [0.4, 0.5) is 4.79 Å². The lowest BCUT2D eigenvalue weighted by atomic mass is 10.1. The molecule has 0 fully saturated rings. The maximum absolute atomic E-state index is 13.0. The summed E-state index contributed by atoms with van der Waals surface area (Å²) >= 11 is 6.29. The third-order valence-corrected chi connectivity index (χ3v) is 4.54. The van der Waals surface area contributed by atoms with Crippen molar-refractivity contribution in [2.24, 2.45) is 0 Å². The van der Waals surface area contributed by atoms with Crippen LogP contribution in [0.3, 0.4) is 0 Å². The van der Waals surface area contributed by atoms with Gasteiger partial charge < -0.3 is 19.2 Å². The third kappa shape index (κ3) is 5.64. The van der Waals surface area contributed by atoms with Gasteiger partial charge in [-0.05, 0) is 44.9 Å².